The lowest BCUT2D eigenvalue weighted by Gasteiger charge is -2.07. The van der Waals surface area contributed by atoms with Crippen molar-refractivity contribution in [1.82, 2.24) is 5.32 Å². The number of rotatable bonds is 5. The molecule has 2 aromatic carbocycles. The van der Waals surface area contributed by atoms with Crippen molar-refractivity contribution < 1.29 is 14.0 Å². The molecule has 0 bridgehead atoms. The summed E-state index contributed by atoms with van der Waals surface area (Å²) >= 11 is 0. The Labute approximate surface area is 134 Å². The Morgan fingerprint density at radius 2 is 1.70 bits per heavy atom. The number of hydrogen-bond acceptors (Lipinski definition) is 2. The highest BCUT2D eigenvalue weighted by atomic mass is 19.1. The molecule has 2 amide bonds. The second-order valence-corrected chi connectivity index (χ2v) is 5.42. The number of carbonyl (C=O) groups is 2. The predicted octanol–water partition coefficient (Wildman–Crippen LogP) is 2.95. The van der Waals surface area contributed by atoms with Gasteiger partial charge in [-0.25, -0.2) is 4.39 Å². The molecular weight excluding hydrogens is 295 g/mol. The van der Waals surface area contributed by atoms with E-state index in [0.29, 0.717) is 17.8 Å². The van der Waals surface area contributed by atoms with Crippen molar-refractivity contribution in [1.29, 1.82) is 0 Å². The van der Waals surface area contributed by atoms with Gasteiger partial charge in [0.25, 0.3) is 0 Å². The minimum Gasteiger partial charge on any atom is -0.352 e. The van der Waals surface area contributed by atoms with E-state index in [0.717, 1.165) is 11.1 Å². The lowest BCUT2D eigenvalue weighted by molar-refractivity contribution is -0.120. The van der Waals surface area contributed by atoms with E-state index in [1.165, 1.54) is 13.0 Å². The Hall–Kier alpha value is -2.69. The average Bonchev–Trinajstić information content (AvgIpc) is 2.50. The van der Waals surface area contributed by atoms with E-state index in [2.05, 4.69) is 10.6 Å². The molecule has 5 heteroatoms. The zero-order valence-corrected chi connectivity index (χ0v) is 13.2. The van der Waals surface area contributed by atoms with Crippen LogP contribution in [0.1, 0.15) is 23.6 Å². The van der Waals surface area contributed by atoms with Crippen molar-refractivity contribution in [3.05, 3.63) is 65.0 Å². The number of anilines is 1. The average molecular weight is 314 g/mol. The van der Waals surface area contributed by atoms with Crippen molar-refractivity contribution in [2.24, 2.45) is 0 Å². The first kappa shape index (κ1) is 16.7. The fourth-order valence-electron chi connectivity index (χ4n) is 2.10. The van der Waals surface area contributed by atoms with Gasteiger partial charge in [-0.05, 0) is 41.8 Å². The Balaban J connectivity index is 1.86. The van der Waals surface area contributed by atoms with Crippen molar-refractivity contribution in [3.63, 3.8) is 0 Å². The van der Waals surface area contributed by atoms with Crippen LogP contribution in [0.3, 0.4) is 0 Å². The second-order valence-electron chi connectivity index (χ2n) is 5.42. The molecule has 0 saturated carbocycles. The van der Waals surface area contributed by atoms with Gasteiger partial charge in [0, 0.05) is 19.2 Å². The van der Waals surface area contributed by atoms with Gasteiger partial charge in [-0.3, -0.25) is 9.59 Å². The third kappa shape index (κ3) is 5.21. The number of nitrogens with one attached hydrogen (secondary N) is 2. The minimum atomic E-state index is -0.273. The molecule has 0 unspecified atom stereocenters. The van der Waals surface area contributed by atoms with Gasteiger partial charge in [0.15, 0.2) is 0 Å². The van der Waals surface area contributed by atoms with Gasteiger partial charge in [-0.15, -0.1) is 0 Å². The first-order valence-electron chi connectivity index (χ1n) is 7.32. The SMILES string of the molecule is CC(=O)Nc1ccc(CC(=O)NCc2ccc(C)c(F)c2)cc1. The maximum atomic E-state index is 13.4. The largest absolute Gasteiger partial charge is 0.352 e. The molecule has 4 nitrogen and oxygen atoms in total. The monoisotopic (exact) mass is 314 g/mol. The summed E-state index contributed by atoms with van der Waals surface area (Å²) in [6.45, 7) is 3.43. The standard InChI is InChI=1S/C18H19FN2O2/c1-12-3-4-15(9-17(12)19)11-20-18(23)10-14-5-7-16(8-6-14)21-13(2)22/h3-9H,10-11H2,1-2H3,(H,20,23)(H,21,22). The number of carbonyl (C=O) groups excluding carboxylic acids is 2. The normalized spacial score (nSPS) is 10.2. The van der Waals surface area contributed by atoms with Crippen LogP contribution in [-0.2, 0) is 22.6 Å². The van der Waals surface area contributed by atoms with E-state index >= 15 is 0 Å². The molecule has 120 valence electrons. The first-order chi connectivity index (χ1) is 10.9. The molecule has 0 aliphatic heterocycles. The molecule has 0 heterocycles. The zero-order valence-electron chi connectivity index (χ0n) is 13.2. The van der Waals surface area contributed by atoms with Crippen molar-refractivity contribution in [2.75, 3.05) is 5.32 Å². The van der Waals surface area contributed by atoms with E-state index < -0.39 is 0 Å². The van der Waals surface area contributed by atoms with Crippen LogP contribution >= 0.6 is 0 Å². The zero-order chi connectivity index (χ0) is 16.8. The van der Waals surface area contributed by atoms with Crippen LogP contribution in [0, 0.1) is 12.7 Å². The fourth-order valence-corrected chi connectivity index (χ4v) is 2.10. The quantitative estimate of drug-likeness (QED) is 0.891. The number of amides is 2. The van der Waals surface area contributed by atoms with Gasteiger partial charge in [0.05, 0.1) is 6.42 Å². The van der Waals surface area contributed by atoms with Gasteiger partial charge in [-0.2, -0.15) is 0 Å². The first-order valence-corrected chi connectivity index (χ1v) is 7.32. The summed E-state index contributed by atoms with van der Waals surface area (Å²) in [7, 11) is 0. The molecule has 0 aliphatic rings. The summed E-state index contributed by atoms with van der Waals surface area (Å²) in [5, 5.41) is 5.43. The van der Waals surface area contributed by atoms with E-state index in [4.69, 9.17) is 0 Å². The van der Waals surface area contributed by atoms with Gasteiger partial charge < -0.3 is 10.6 Å². The Kier molecular flexibility index (Phi) is 5.46. The number of aryl methyl sites for hydroxylation is 1. The molecule has 2 N–H and O–H groups in total. The summed E-state index contributed by atoms with van der Waals surface area (Å²) in [6, 6.07) is 12.0. The van der Waals surface area contributed by atoms with Crippen LogP contribution in [0.2, 0.25) is 0 Å². The maximum Gasteiger partial charge on any atom is 0.224 e. The van der Waals surface area contributed by atoms with Gasteiger partial charge in [0.1, 0.15) is 5.82 Å². The maximum absolute atomic E-state index is 13.4. The van der Waals surface area contributed by atoms with Crippen LogP contribution in [-0.4, -0.2) is 11.8 Å². The fraction of sp³-hybridized carbons (Fsp3) is 0.222. The molecular formula is C18H19FN2O2. The summed E-state index contributed by atoms with van der Waals surface area (Å²) in [5.41, 5.74) is 2.84. The molecule has 0 aromatic heterocycles. The summed E-state index contributed by atoms with van der Waals surface area (Å²) in [4.78, 5) is 22.9. The van der Waals surface area contributed by atoms with E-state index in [9.17, 15) is 14.0 Å². The molecule has 23 heavy (non-hydrogen) atoms. The van der Waals surface area contributed by atoms with Gasteiger partial charge in [0.2, 0.25) is 11.8 Å². The summed E-state index contributed by atoms with van der Waals surface area (Å²) in [5.74, 6) is -0.551. The van der Waals surface area contributed by atoms with Crippen LogP contribution in [0.25, 0.3) is 0 Å². The third-order valence-corrected chi connectivity index (χ3v) is 3.36. The Morgan fingerprint density at radius 3 is 2.30 bits per heavy atom. The predicted molar refractivity (Wildman–Crippen MR) is 87.4 cm³/mol. The Morgan fingerprint density at radius 1 is 1.04 bits per heavy atom. The van der Waals surface area contributed by atoms with Gasteiger partial charge >= 0.3 is 0 Å². The van der Waals surface area contributed by atoms with Crippen LogP contribution in [0.15, 0.2) is 42.5 Å². The lowest BCUT2D eigenvalue weighted by atomic mass is 10.1. The molecule has 0 aliphatic carbocycles. The van der Waals surface area contributed by atoms with E-state index in [1.807, 2.05) is 0 Å². The molecule has 0 saturated heterocycles. The highest BCUT2D eigenvalue weighted by Crippen LogP contribution is 2.11. The lowest BCUT2D eigenvalue weighted by Crippen LogP contribution is -2.24. The minimum absolute atomic E-state index is 0.138. The summed E-state index contributed by atoms with van der Waals surface area (Å²) in [6.07, 6.45) is 0.231. The molecule has 0 radical (unpaired) electrons. The molecule has 2 rings (SSSR count). The topological polar surface area (TPSA) is 58.2 Å². The van der Waals surface area contributed by atoms with Gasteiger partial charge in [-0.1, -0.05) is 24.3 Å². The van der Waals surface area contributed by atoms with Crippen molar-refractivity contribution in [3.8, 4) is 0 Å². The second kappa shape index (κ2) is 7.54. The Bertz CT molecular complexity index is 711. The van der Waals surface area contributed by atoms with Crippen LogP contribution in [0.4, 0.5) is 10.1 Å². The number of benzene rings is 2. The van der Waals surface area contributed by atoms with Crippen molar-refractivity contribution in [2.45, 2.75) is 26.8 Å². The number of halogens is 1. The molecule has 0 atom stereocenters. The molecule has 0 fully saturated rings. The molecule has 2 aromatic rings. The third-order valence-electron chi connectivity index (χ3n) is 3.36. The van der Waals surface area contributed by atoms with Crippen LogP contribution < -0.4 is 10.6 Å². The van der Waals surface area contributed by atoms with Crippen molar-refractivity contribution >= 4 is 17.5 Å². The molecule has 0 spiro atoms. The highest BCUT2D eigenvalue weighted by Gasteiger charge is 2.05. The summed E-state index contributed by atoms with van der Waals surface area (Å²) < 4.78 is 13.4. The number of hydrogen-bond donors (Lipinski definition) is 2. The van der Waals surface area contributed by atoms with E-state index in [-0.39, 0.29) is 24.1 Å². The van der Waals surface area contributed by atoms with E-state index in [1.54, 1.807) is 43.3 Å². The highest BCUT2D eigenvalue weighted by molar-refractivity contribution is 5.88. The van der Waals surface area contributed by atoms with Crippen LogP contribution in [0.5, 0.6) is 0 Å². The smallest absolute Gasteiger partial charge is 0.224 e.